The molecular formula is C30H26N2+2. The SMILES string of the molecule is C#CCCC[n+]1ccc2ccccc2c1C#Cc1c2ccccc2cc[n+]1CCC#CC. The van der Waals surface area contributed by atoms with E-state index in [1.807, 2.05) is 6.92 Å². The van der Waals surface area contributed by atoms with Gasteiger partial charge in [0, 0.05) is 36.8 Å². The van der Waals surface area contributed by atoms with Crippen molar-refractivity contribution in [3.05, 3.63) is 84.4 Å². The number of nitrogens with zero attached hydrogens (tertiary/aromatic N) is 2. The predicted octanol–water partition coefficient (Wildman–Crippen LogP) is 4.79. The van der Waals surface area contributed by atoms with E-state index >= 15 is 0 Å². The minimum atomic E-state index is 0.758. The zero-order valence-corrected chi connectivity index (χ0v) is 18.4. The van der Waals surface area contributed by atoms with Crippen LogP contribution >= 0.6 is 0 Å². The van der Waals surface area contributed by atoms with E-state index in [1.54, 1.807) is 0 Å². The van der Waals surface area contributed by atoms with Crippen molar-refractivity contribution in [1.29, 1.82) is 0 Å². The lowest BCUT2D eigenvalue weighted by Gasteiger charge is -2.04. The predicted molar refractivity (Wildman–Crippen MR) is 130 cm³/mol. The molecule has 0 saturated carbocycles. The van der Waals surface area contributed by atoms with Gasteiger partial charge in [-0.3, -0.25) is 0 Å². The Hall–Kier alpha value is -4.06. The molecule has 0 amide bonds. The van der Waals surface area contributed by atoms with E-state index in [0.29, 0.717) is 0 Å². The van der Waals surface area contributed by atoms with Gasteiger partial charge in [0.15, 0.2) is 25.5 Å². The van der Waals surface area contributed by atoms with E-state index in [2.05, 4.69) is 112 Å². The summed E-state index contributed by atoms with van der Waals surface area (Å²) in [5.41, 5.74) is 2.04. The van der Waals surface area contributed by atoms with E-state index in [1.165, 1.54) is 10.8 Å². The zero-order chi connectivity index (χ0) is 22.2. The van der Waals surface area contributed by atoms with Crippen molar-refractivity contribution in [2.45, 2.75) is 39.3 Å². The minimum Gasteiger partial charge on any atom is -0.191 e. The summed E-state index contributed by atoms with van der Waals surface area (Å²) in [5, 5.41) is 4.70. The van der Waals surface area contributed by atoms with E-state index in [4.69, 9.17) is 6.42 Å². The first kappa shape index (κ1) is 21.2. The van der Waals surface area contributed by atoms with Crippen molar-refractivity contribution in [1.82, 2.24) is 0 Å². The highest BCUT2D eigenvalue weighted by Crippen LogP contribution is 2.17. The lowest BCUT2D eigenvalue weighted by Crippen LogP contribution is -2.38. The Morgan fingerprint density at radius 2 is 1.28 bits per heavy atom. The molecule has 0 N–H and O–H groups in total. The van der Waals surface area contributed by atoms with Gasteiger partial charge in [-0.05, 0) is 29.8 Å². The van der Waals surface area contributed by atoms with Crippen LogP contribution in [0.2, 0.25) is 0 Å². The average Bonchev–Trinajstić information content (AvgIpc) is 2.84. The molecule has 4 aromatic rings. The van der Waals surface area contributed by atoms with Crippen LogP contribution in [0.4, 0.5) is 0 Å². The fourth-order valence-corrected chi connectivity index (χ4v) is 3.94. The number of aryl methyl sites for hydroxylation is 2. The molecule has 0 bridgehead atoms. The summed E-state index contributed by atoms with van der Waals surface area (Å²) in [6, 6.07) is 21.1. The Morgan fingerprint density at radius 1 is 0.719 bits per heavy atom. The van der Waals surface area contributed by atoms with Crippen LogP contribution in [-0.2, 0) is 13.1 Å². The van der Waals surface area contributed by atoms with Gasteiger partial charge in [-0.1, -0.05) is 42.3 Å². The Bertz CT molecular complexity index is 1430. The summed E-state index contributed by atoms with van der Waals surface area (Å²) >= 11 is 0. The molecule has 0 radical (unpaired) electrons. The number of fused-ring (bicyclic) bond motifs is 2. The van der Waals surface area contributed by atoms with Gasteiger partial charge < -0.3 is 0 Å². The van der Waals surface area contributed by atoms with Crippen molar-refractivity contribution in [2.24, 2.45) is 0 Å². The second-order valence-corrected chi connectivity index (χ2v) is 7.62. The van der Waals surface area contributed by atoms with Crippen LogP contribution in [0.25, 0.3) is 21.5 Å². The molecule has 0 spiro atoms. The van der Waals surface area contributed by atoms with Crippen molar-refractivity contribution < 1.29 is 9.13 Å². The highest BCUT2D eigenvalue weighted by molar-refractivity contribution is 5.87. The summed E-state index contributed by atoms with van der Waals surface area (Å²) < 4.78 is 4.44. The Morgan fingerprint density at radius 3 is 1.84 bits per heavy atom. The van der Waals surface area contributed by atoms with Gasteiger partial charge in [0.2, 0.25) is 0 Å². The van der Waals surface area contributed by atoms with Crippen molar-refractivity contribution in [2.75, 3.05) is 0 Å². The van der Waals surface area contributed by atoms with Gasteiger partial charge in [0.25, 0.3) is 11.4 Å². The fourth-order valence-electron chi connectivity index (χ4n) is 3.94. The Labute approximate surface area is 190 Å². The van der Waals surface area contributed by atoms with Crippen LogP contribution in [0.15, 0.2) is 73.1 Å². The molecular weight excluding hydrogens is 388 g/mol. The van der Waals surface area contributed by atoms with E-state index in [0.717, 1.165) is 54.5 Å². The second-order valence-electron chi connectivity index (χ2n) is 7.62. The van der Waals surface area contributed by atoms with Crippen LogP contribution in [0, 0.1) is 36.0 Å². The molecule has 2 aromatic carbocycles. The Balaban J connectivity index is 1.87. The highest BCUT2D eigenvalue weighted by atomic mass is 15.0. The molecule has 2 aromatic heterocycles. The van der Waals surface area contributed by atoms with E-state index in [9.17, 15) is 0 Å². The molecule has 0 saturated heterocycles. The smallest absolute Gasteiger partial charge is 0.191 e. The van der Waals surface area contributed by atoms with Gasteiger partial charge in [-0.2, -0.15) is 9.13 Å². The van der Waals surface area contributed by atoms with Crippen LogP contribution in [-0.4, -0.2) is 0 Å². The molecule has 2 nitrogen and oxygen atoms in total. The average molecular weight is 415 g/mol. The van der Waals surface area contributed by atoms with Crippen LogP contribution in [0.5, 0.6) is 0 Å². The van der Waals surface area contributed by atoms with Gasteiger partial charge in [0.1, 0.15) is 0 Å². The number of pyridine rings is 2. The number of terminal acetylenes is 1. The van der Waals surface area contributed by atoms with Gasteiger partial charge >= 0.3 is 0 Å². The molecule has 0 unspecified atom stereocenters. The second kappa shape index (κ2) is 10.3. The number of rotatable bonds is 5. The molecule has 0 fully saturated rings. The van der Waals surface area contributed by atoms with Crippen molar-refractivity contribution in [3.8, 4) is 36.0 Å². The van der Waals surface area contributed by atoms with E-state index in [-0.39, 0.29) is 0 Å². The molecule has 2 heteroatoms. The first-order chi connectivity index (χ1) is 15.8. The first-order valence-corrected chi connectivity index (χ1v) is 11.0. The molecule has 0 aliphatic rings. The molecule has 0 aliphatic carbocycles. The third kappa shape index (κ3) is 4.64. The molecule has 0 aliphatic heterocycles. The molecule has 0 atom stereocenters. The van der Waals surface area contributed by atoms with Crippen LogP contribution in [0.3, 0.4) is 0 Å². The van der Waals surface area contributed by atoms with Gasteiger partial charge in [-0.25, -0.2) is 0 Å². The largest absolute Gasteiger partial charge is 0.265 e. The molecule has 4 rings (SSSR count). The minimum absolute atomic E-state index is 0.758. The zero-order valence-electron chi connectivity index (χ0n) is 18.4. The molecule has 154 valence electrons. The molecule has 2 heterocycles. The molecule has 32 heavy (non-hydrogen) atoms. The standard InChI is InChI=1S/C30H26N2/c1-3-5-11-21-31-23-19-25-13-7-9-15-27(25)29(31)17-18-30-28-16-10-8-14-26(28)20-24-32(30)22-12-6-4-2/h1,7-10,13-16,19-20,23-24H,5,11-12,21-22H2,2H3/q+2. The number of benzene rings is 2. The van der Waals surface area contributed by atoms with E-state index < -0.39 is 0 Å². The third-order valence-corrected chi connectivity index (χ3v) is 5.55. The first-order valence-electron chi connectivity index (χ1n) is 11.0. The third-order valence-electron chi connectivity index (χ3n) is 5.55. The maximum atomic E-state index is 5.48. The van der Waals surface area contributed by atoms with Crippen LogP contribution in [0.1, 0.15) is 37.6 Å². The Kier molecular flexibility index (Phi) is 6.82. The normalized spacial score (nSPS) is 10.1. The summed E-state index contributed by atoms with van der Waals surface area (Å²) in [4.78, 5) is 0. The summed E-state index contributed by atoms with van der Waals surface area (Å²) in [5.74, 6) is 15.9. The summed E-state index contributed by atoms with van der Waals surface area (Å²) in [6.45, 7) is 3.54. The lowest BCUT2D eigenvalue weighted by molar-refractivity contribution is -0.698. The topological polar surface area (TPSA) is 7.76 Å². The highest BCUT2D eigenvalue weighted by Gasteiger charge is 2.16. The summed E-state index contributed by atoms with van der Waals surface area (Å²) in [6.07, 6.45) is 12.2. The van der Waals surface area contributed by atoms with Crippen LogP contribution < -0.4 is 9.13 Å². The summed E-state index contributed by atoms with van der Waals surface area (Å²) in [7, 11) is 0. The maximum absolute atomic E-state index is 5.48. The quantitative estimate of drug-likeness (QED) is 0.252. The number of aromatic nitrogens is 2. The number of hydrogen-bond donors (Lipinski definition) is 0. The van der Waals surface area contributed by atoms with Crippen molar-refractivity contribution in [3.63, 3.8) is 0 Å². The number of unbranched alkanes of at least 4 members (excludes halogenated alkanes) is 1. The monoisotopic (exact) mass is 414 g/mol. The number of hydrogen-bond acceptors (Lipinski definition) is 0. The van der Waals surface area contributed by atoms with Gasteiger partial charge in [-0.15, -0.1) is 18.3 Å². The lowest BCUT2D eigenvalue weighted by atomic mass is 10.1. The maximum Gasteiger partial charge on any atom is 0.265 e. The van der Waals surface area contributed by atoms with Crippen molar-refractivity contribution >= 4 is 21.5 Å². The fraction of sp³-hybridized carbons (Fsp3) is 0.200. The van der Waals surface area contributed by atoms with Gasteiger partial charge in [0.05, 0.1) is 17.2 Å².